The number of benzene rings is 2. The van der Waals surface area contributed by atoms with Gasteiger partial charge in [-0.15, -0.1) is 0 Å². The molecule has 1 aromatic heterocycles. The molecule has 3 aromatic rings. The Morgan fingerprint density at radius 3 is 2.64 bits per heavy atom. The van der Waals surface area contributed by atoms with Crippen LogP contribution in [0.3, 0.4) is 0 Å². The van der Waals surface area contributed by atoms with Gasteiger partial charge in [-0.05, 0) is 50.5 Å². The molecule has 0 unspecified atom stereocenters. The van der Waals surface area contributed by atoms with E-state index in [0.717, 1.165) is 11.9 Å². The average molecular weight is 335 g/mol. The lowest BCUT2D eigenvalue weighted by atomic mass is 9.87. The van der Waals surface area contributed by atoms with E-state index in [1.807, 2.05) is 12.1 Å². The van der Waals surface area contributed by atoms with Crippen molar-refractivity contribution in [3.63, 3.8) is 0 Å². The number of alkyl halides is 1. The second-order valence-corrected chi connectivity index (χ2v) is 7.74. The first-order valence-corrected chi connectivity index (χ1v) is 8.94. The van der Waals surface area contributed by atoms with Crippen molar-refractivity contribution in [2.24, 2.45) is 0 Å². The van der Waals surface area contributed by atoms with Gasteiger partial charge in [-0.3, -0.25) is 4.90 Å². The van der Waals surface area contributed by atoms with E-state index < -0.39 is 5.67 Å². The summed E-state index contributed by atoms with van der Waals surface area (Å²) in [5.41, 5.74) is 3.68. The molecule has 0 saturated carbocycles. The van der Waals surface area contributed by atoms with Crippen molar-refractivity contribution in [3.05, 3.63) is 71.4 Å². The van der Waals surface area contributed by atoms with E-state index in [4.69, 9.17) is 0 Å². The molecule has 2 heterocycles. The zero-order valence-electron chi connectivity index (χ0n) is 15.0. The van der Waals surface area contributed by atoms with Crippen LogP contribution in [0.5, 0.6) is 0 Å². The highest BCUT2D eigenvalue weighted by Gasteiger charge is 2.38. The summed E-state index contributed by atoms with van der Waals surface area (Å²) in [5, 5.41) is 1.29. The molecule has 2 nitrogen and oxygen atoms in total. The van der Waals surface area contributed by atoms with E-state index in [0.29, 0.717) is 6.54 Å². The highest BCUT2D eigenvalue weighted by atomic mass is 19.1. The number of hydrogen-bond donors (Lipinski definition) is 1. The second kappa shape index (κ2) is 5.99. The molecule has 129 valence electrons. The summed E-state index contributed by atoms with van der Waals surface area (Å²) in [6.07, 6.45) is 0.935. The number of nitrogens with zero attached hydrogens (tertiary/aromatic N) is 1. The van der Waals surface area contributed by atoms with E-state index in [-0.39, 0.29) is 12.1 Å². The summed E-state index contributed by atoms with van der Waals surface area (Å²) in [6.45, 7) is 5.94. The molecule has 0 bridgehead atoms. The lowest BCUT2D eigenvalue weighted by Gasteiger charge is -2.43. The quantitative estimate of drug-likeness (QED) is 0.709. The predicted octanol–water partition coefficient (Wildman–Crippen LogP) is 5.05. The van der Waals surface area contributed by atoms with Crippen molar-refractivity contribution in [1.82, 2.24) is 9.88 Å². The number of aromatic nitrogens is 1. The van der Waals surface area contributed by atoms with Gasteiger partial charge in [-0.25, -0.2) is 4.39 Å². The van der Waals surface area contributed by atoms with Gasteiger partial charge >= 0.3 is 0 Å². The number of fused-ring (bicyclic) bond motifs is 3. The number of nitrogens with one attached hydrogen (secondary N) is 1. The molecular formula is C22H24FN2. The Labute approximate surface area is 148 Å². The van der Waals surface area contributed by atoms with Gasteiger partial charge in [0.15, 0.2) is 0 Å². The molecule has 0 saturated heterocycles. The van der Waals surface area contributed by atoms with Crippen LogP contribution >= 0.6 is 0 Å². The summed E-state index contributed by atoms with van der Waals surface area (Å²) < 4.78 is 14.6. The first-order chi connectivity index (χ1) is 11.9. The van der Waals surface area contributed by atoms with E-state index in [2.05, 4.69) is 59.3 Å². The molecule has 4 rings (SSSR count). The van der Waals surface area contributed by atoms with Crippen LogP contribution in [0.1, 0.15) is 43.6 Å². The van der Waals surface area contributed by atoms with Gasteiger partial charge in [-0.2, -0.15) is 0 Å². The van der Waals surface area contributed by atoms with Gasteiger partial charge in [0.05, 0.1) is 6.04 Å². The van der Waals surface area contributed by atoms with E-state index >= 15 is 0 Å². The number of aromatic amines is 1. The number of hydrogen-bond acceptors (Lipinski definition) is 1. The van der Waals surface area contributed by atoms with Crippen LogP contribution in [-0.4, -0.2) is 28.1 Å². The molecule has 0 fully saturated rings. The van der Waals surface area contributed by atoms with Crippen molar-refractivity contribution in [2.75, 3.05) is 6.54 Å². The minimum Gasteiger partial charge on any atom is -0.357 e. The largest absolute Gasteiger partial charge is 0.357 e. The van der Waals surface area contributed by atoms with Gasteiger partial charge < -0.3 is 4.98 Å². The summed E-state index contributed by atoms with van der Waals surface area (Å²) in [4.78, 5) is 5.93. The lowest BCUT2D eigenvalue weighted by molar-refractivity contribution is 0.0668. The third-order valence-corrected chi connectivity index (χ3v) is 5.14. The Balaban J connectivity index is 1.90. The van der Waals surface area contributed by atoms with Crippen LogP contribution in [-0.2, 0) is 6.42 Å². The molecule has 25 heavy (non-hydrogen) atoms. The fraction of sp³-hybridized carbons (Fsp3) is 0.364. The zero-order valence-corrected chi connectivity index (χ0v) is 15.0. The fourth-order valence-electron chi connectivity index (χ4n) is 4.13. The van der Waals surface area contributed by atoms with Crippen LogP contribution in [0.2, 0.25) is 0 Å². The molecular weight excluding hydrogens is 311 g/mol. The van der Waals surface area contributed by atoms with Gasteiger partial charge in [0.2, 0.25) is 0 Å². The van der Waals surface area contributed by atoms with Gasteiger partial charge in [0.1, 0.15) is 5.67 Å². The normalized spacial score (nSPS) is 21.4. The zero-order chi connectivity index (χ0) is 17.6. The second-order valence-electron chi connectivity index (χ2n) is 7.74. The van der Waals surface area contributed by atoms with Crippen molar-refractivity contribution in [2.45, 2.75) is 44.9 Å². The summed E-state index contributed by atoms with van der Waals surface area (Å²) in [6, 6.07) is 19.9. The molecule has 2 atom stereocenters. The molecule has 0 spiro atoms. The van der Waals surface area contributed by atoms with Crippen LogP contribution in [0.4, 0.5) is 4.39 Å². The Morgan fingerprint density at radius 2 is 1.92 bits per heavy atom. The van der Waals surface area contributed by atoms with Crippen molar-refractivity contribution < 1.29 is 4.39 Å². The molecule has 3 heteroatoms. The number of H-pyrrole nitrogens is 1. The number of halogens is 1. The molecule has 0 amide bonds. The van der Waals surface area contributed by atoms with Crippen molar-refractivity contribution in [3.8, 4) is 0 Å². The Hall–Kier alpha value is -2.13. The van der Waals surface area contributed by atoms with Crippen LogP contribution < -0.4 is 0 Å². The van der Waals surface area contributed by atoms with Gasteiger partial charge in [0.25, 0.3) is 0 Å². The fourth-order valence-corrected chi connectivity index (χ4v) is 4.13. The van der Waals surface area contributed by atoms with Crippen LogP contribution in [0.25, 0.3) is 10.9 Å². The van der Waals surface area contributed by atoms with Crippen molar-refractivity contribution >= 4 is 10.9 Å². The lowest BCUT2D eigenvalue weighted by Crippen LogP contribution is -2.47. The van der Waals surface area contributed by atoms with E-state index in [1.165, 1.54) is 22.2 Å². The highest BCUT2D eigenvalue weighted by Crippen LogP contribution is 2.41. The molecule has 1 radical (unpaired) electrons. The molecule has 2 aromatic carbocycles. The van der Waals surface area contributed by atoms with E-state index in [1.54, 1.807) is 13.8 Å². The van der Waals surface area contributed by atoms with Gasteiger partial charge in [-0.1, -0.05) is 42.5 Å². The third-order valence-electron chi connectivity index (χ3n) is 5.14. The standard InChI is InChI=1S/C22H24FN2/c1-15-13-18-17-11-7-8-12-19(17)24-20(18)21(16-9-5-4-6-10-16)25(15)14-22(2,3)23/h5-12,15,21,24H,13-14H2,1-3H3/t15-,21-/m1/s1. The SMILES string of the molecule is C[C@@H]1Cc2c([nH]c3ccccc23)[C@@H](c2cc[c]cc2)N1CC(C)(C)F. The number of rotatable bonds is 3. The molecule has 1 aliphatic rings. The summed E-state index contributed by atoms with van der Waals surface area (Å²) in [5.74, 6) is 0. The molecule has 1 aliphatic heterocycles. The summed E-state index contributed by atoms with van der Waals surface area (Å²) in [7, 11) is 0. The Bertz CT molecular complexity index is 876. The minimum atomic E-state index is -1.24. The summed E-state index contributed by atoms with van der Waals surface area (Å²) >= 11 is 0. The Morgan fingerprint density at radius 1 is 1.20 bits per heavy atom. The average Bonchev–Trinajstić information content (AvgIpc) is 2.93. The van der Waals surface area contributed by atoms with Crippen LogP contribution in [0.15, 0.2) is 48.5 Å². The van der Waals surface area contributed by atoms with E-state index in [9.17, 15) is 4.39 Å². The predicted molar refractivity (Wildman–Crippen MR) is 100 cm³/mol. The maximum absolute atomic E-state index is 14.6. The van der Waals surface area contributed by atoms with Crippen molar-refractivity contribution in [1.29, 1.82) is 0 Å². The third kappa shape index (κ3) is 2.98. The maximum atomic E-state index is 14.6. The smallest absolute Gasteiger partial charge is 0.118 e. The minimum absolute atomic E-state index is 0.0378. The first-order valence-electron chi connectivity index (χ1n) is 8.94. The monoisotopic (exact) mass is 335 g/mol. The molecule has 1 N–H and O–H groups in total. The highest BCUT2D eigenvalue weighted by molar-refractivity contribution is 5.85. The molecule has 0 aliphatic carbocycles. The Kier molecular flexibility index (Phi) is 3.92. The van der Waals surface area contributed by atoms with Gasteiger partial charge in [0, 0.05) is 29.2 Å². The van der Waals surface area contributed by atoms with Crippen LogP contribution in [0, 0.1) is 6.07 Å². The number of para-hydroxylation sites is 1. The first kappa shape index (κ1) is 16.3. The topological polar surface area (TPSA) is 19.0 Å². The maximum Gasteiger partial charge on any atom is 0.118 e.